The number of hydrogen-bond donors (Lipinski definition) is 2. The van der Waals surface area contributed by atoms with Crippen molar-refractivity contribution in [1.82, 2.24) is 24.4 Å². The second kappa shape index (κ2) is 16.1. The Morgan fingerprint density at radius 2 is 1.50 bits per heavy atom. The zero-order valence-corrected chi connectivity index (χ0v) is 26.6. The zero-order chi connectivity index (χ0) is 35.0. The summed E-state index contributed by atoms with van der Waals surface area (Å²) >= 11 is 0. The van der Waals surface area contributed by atoms with Crippen LogP contribution in [-0.2, 0) is 35.1 Å². The maximum atomic E-state index is 13.3. The lowest BCUT2D eigenvalue weighted by molar-refractivity contribution is -0.389. The van der Waals surface area contributed by atoms with E-state index in [1.54, 1.807) is 21.7 Å². The van der Waals surface area contributed by atoms with E-state index in [-0.39, 0.29) is 53.7 Å². The van der Waals surface area contributed by atoms with E-state index in [0.29, 0.717) is 18.7 Å². The largest absolute Gasteiger partial charge is 0.469 e. The lowest BCUT2D eigenvalue weighted by Gasteiger charge is -2.34. The molecule has 0 radical (unpaired) electrons. The second-order valence-corrected chi connectivity index (χ2v) is 11.5. The molecule has 3 aromatic rings. The third-order valence-corrected chi connectivity index (χ3v) is 8.39. The third-order valence-electron chi connectivity index (χ3n) is 8.39. The number of nitrogens with zero attached hydrogens (tertiary/aromatic N) is 5. The van der Waals surface area contributed by atoms with Crippen molar-refractivity contribution in [2.24, 2.45) is 11.8 Å². The Balaban J connectivity index is 0.000000271. The number of amides is 2. The number of imidazole rings is 2. The van der Waals surface area contributed by atoms with Crippen LogP contribution in [0.5, 0.6) is 0 Å². The smallest absolute Gasteiger partial charge is 0.381 e. The average molecular weight is 674 g/mol. The number of nitro groups is 1. The summed E-state index contributed by atoms with van der Waals surface area (Å²) in [5.41, 5.74) is 0.176. The van der Waals surface area contributed by atoms with Crippen molar-refractivity contribution in [1.29, 1.82) is 0 Å². The number of hydrogen-bond acceptors (Lipinski definition) is 10. The number of benzene rings is 1. The van der Waals surface area contributed by atoms with Crippen LogP contribution in [0.4, 0.5) is 20.4 Å². The van der Waals surface area contributed by atoms with E-state index in [4.69, 9.17) is 4.74 Å². The molecule has 15 nitrogen and oxygen atoms in total. The summed E-state index contributed by atoms with van der Waals surface area (Å²) in [5, 5.41) is 15.7. The van der Waals surface area contributed by atoms with Crippen LogP contribution in [0, 0.1) is 33.6 Å². The first-order chi connectivity index (χ1) is 22.9. The van der Waals surface area contributed by atoms with Gasteiger partial charge >= 0.3 is 17.8 Å². The molecule has 2 saturated carbocycles. The number of rotatable bonds is 12. The van der Waals surface area contributed by atoms with Crippen molar-refractivity contribution in [3.05, 3.63) is 70.6 Å². The summed E-state index contributed by atoms with van der Waals surface area (Å²) in [6.07, 6.45) is 9.77. The summed E-state index contributed by atoms with van der Waals surface area (Å²) < 4.78 is 39.5. The van der Waals surface area contributed by atoms with Crippen molar-refractivity contribution < 1.29 is 42.4 Å². The summed E-state index contributed by atoms with van der Waals surface area (Å²) in [4.78, 5) is 65.9. The molecule has 2 aromatic heterocycles. The van der Waals surface area contributed by atoms with Crippen LogP contribution >= 0.6 is 0 Å². The number of carbonyl (C=O) groups excluding carboxylic acids is 4. The molecule has 2 fully saturated rings. The van der Waals surface area contributed by atoms with Gasteiger partial charge in [0.25, 0.3) is 0 Å². The topological polar surface area (TPSA) is 190 Å². The molecule has 17 heteroatoms. The minimum Gasteiger partial charge on any atom is -0.469 e. The van der Waals surface area contributed by atoms with E-state index in [2.05, 4.69) is 25.3 Å². The van der Waals surface area contributed by atoms with Gasteiger partial charge in [0.1, 0.15) is 23.9 Å². The number of ether oxygens (including phenoxy) is 2. The van der Waals surface area contributed by atoms with Gasteiger partial charge in [0, 0.05) is 18.3 Å². The van der Waals surface area contributed by atoms with Gasteiger partial charge in [-0.25, -0.2) is 13.8 Å². The molecule has 258 valence electrons. The first kappa shape index (κ1) is 35.6. The highest BCUT2D eigenvalue weighted by Gasteiger charge is 2.40. The van der Waals surface area contributed by atoms with Gasteiger partial charge in [-0.15, -0.1) is 0 Å². The predicted molar refractivity (Wildman–Crippen MR) is 164 cm³/mol. The van der Waals surface area contributed by atoms with E-state index in [1.165, 1.54) is 26.7 Å². The van der Waals surface area contributed by atoms with Crippen LogP contribution in [0.1, 0.15) is 63.1 Å². The molecular formula is C31H37F2N7O8. The molecular weight excluding hydrogens is 636 g/mol. The highest BCUT2D eigenvalue weighted by molar-refractivity contribution is 5.96. The summed E-state index contributed by atoms with van der Waals surface area (Å²) in [6, 6.07) is 1.92. The van der Waals surface area contributed by atoms with E-state index in [0.717, 1.165) is 43.9 Å². The van der Waals surface area contributed by atoms with Crippen LogP contribution < -0.4 is 10.6 Å². The van der Waals surface area contributed by atoms with Gasteiger partial charge in [-0.05, 0) is 59.7 Å². The maximum absolute atomic E-state index is 13.3. The van der Waals surface area contributed by atoms with Crippen LogP contribution in [0.25, 0.3) is 0 Å². The van der Waals surface area contributed by atoms with Gasteiger partial charge in [0.15, 0.2) is 5.82 Å². The molecule has 2 amide bonds. The summed E-state index contributed by atoms with van der Waals surface area (Å²) in [5.74, 6) is -3.41. The van der Waals surface area contributed by atoms with E-state index in [9.17, 15) is 38.1 Å². The number of nitrogens with one attached hydrogen (secondary N) is 2. The number of halogens is 2. The van der Waals surface area contributed by atoms with Crippen molar-refractivity contribution in [2.45, 2.75) is 70.0 Å². The van der Waals surface area contributed by atoms with Crippen LogP contribution in [-0.4, -0.2) is 68.0 Å². The van der Waals surface area contributed by atoms with Gasteiger partial charge in [0.2, 0.25) is 18.1 Å². The lowest BCUT2D eigenvalue weighted by Crippen LogP contribution is -2.44. The molecule has 0 spiro atoms. The molecule has 0 aliphatic heterocycles. The van der Waals surface area contributed by atoms with Crippen LogP contribution in [0.3, 0.4) is 0 Å². The summed E-state index contributed by atoms with van der Waals surface area (Å²) in [6.45, 7) is 1.87. The number of carbonyl (C=O) groups is 4. The van der Waals surface area contributed by atoms with Crippen molar-refractivity contribution in [3.63, 3.8) is 0 Å². The summed E-state index contributed by atoms with van der Waals surface area (Å²) in [7, 11) is 2.69. The SMILES string of the molecule is CCCC(NC(=O)Cc1cc(F)cc(F)c1)C(=O)Nc1cn(C2CCC2C(=O)OC)cn1.COC(=O)C1CCC1n1cnc([N+](=O)[O-])c1. The number of methoxy groups -OCH3 is 2. The van der Waals surface area contributed by atoms with Gasteiger partial charge < -0.3 is 39.4 Å². The maximum Gasteiger partial charge on any atom is 0.381 e. The quantitative estimate of drug-likeness (QED) is 0.163. The molecule has 2 heterocycles. The molecule has 5 unspecified atom stereocenters. The van der Waals surface area contributed by atoms with Gasteiger partial charge in [-0.2, -0.15) is 0 Å². The number of aromatic nitrogens is 4. The number of esters is 2. The fourth-order valence-corrected chi connectivity index (χ4v) is 5.63. The molecule has 5 rings (SSSR count). The molecule has 2 aliphatic rings. The fourth-order valence-electron chi connectivity index (χ4n) is 5.63. The molecule has 0 bridgehead atoms. The Labute approximate surface area is 274 Å². The van der Waals surface area contributed by atoms with Gasteiger partial charge in [0.05, 0.1) is 44.8 Å². The van der Waals surface area contributed by atoms with Gasteiger partial charge in [-0.1, -0.05) is 13.3 Å². The first-order valence-electron chi connectivity index (χ1n) is 15.4. The van der Waals surface area contributed by atoms with Crippen molar-refractivity contribution in [3.8, 4) is 0 Å². The molecule has 5 atom stereocenters. The van der Waals surface area contributed by atoms with Crippen molar-refractivity contribution in [2.75, 3.05) is 19.5 Å². The Morgan fingerprint density at radius 1 is 0.938 bits per heavy atom. The number of anilines is 1. The first-order valence-corrected chi connectivity index (χ1v) is 15.4. The van der Waals surface area contributed by atoms with Gasteiger partial charge in [-0.3, -0.25) is 19.2 Å². The Morgan fingerprint density at radius 3 is 1.98 bits per heavy atom. The minimum absolute atomic E-state index is 0.0614. The Kier molecular flexibility index (Phi) is 11.9. The molecule has 1 aromatic carbocycles. The normalized spacial score (nSPS) is 20.1. The molecule has 0 saturated heterocycles. The van der Waals surface area contributed by atoms with Crippen LogP contribution in [0.15, 0.2) is 43.2 Å². The second-order valence-electron chi connectivity index (χ2n) is 11.5. The van der Waals surface area contributed by atoms with E-state index in [1.807, 2.05) is 6.92 Å². The highest BCUT2D eigenvalue weighted by Crippen LogP contribution is 2.40. The Bertz CT molecular complexity index is 1620. The van der Waals surface area contributed by atoms with E-state index < -0.39 is 34.4 Å². The van der Waals surface area contributed by atoms with Crippen LogP contribution in [0.2, 0.25) is 0 Å². The minimum atomic E-state index is -0.831. The standard InChI is InChI=1S/C22H26F2N4O4.C9H11N3O4/c1-3-4-17(26-20(29)9-13-7-14(23)10-15(24)8-13)21(30)27-19-11-28(12-25-19)18-6-5-16(18)22(31)32-2;1-16-9(13)6-2-3-7(6)11-4-8(10-5-11)12(14)15/h7-8,10-12,16-18H,3-6,9H2,1-2H3,(H,26,29)(H,27,30);4-7H,2-3H2,1H3. The fraction of sp³-hybridized carbons (Fsp3) is 0.484. The Hall–Kier alpha value is -5.22. The predicted octanol–water partition coefficient (Wildman–Crippen LogP) is 3.67. The lowest BCUT2D eigenvalue weighted by atomic mass is 9.79. The monoisotopic (exact) mass is 673 g/mol. The third kappa shape index (κ3) is 8.77. The highest BCUT2D eigenvalue weighted by atomic mass is 19.1. The molecule has 2 aliphatic carbocycles. The molecule has 48 heavy (non-hydrogen) atoms. The van der Waals surface area contributed by atoms with Crippen molar-refractivity contribution >= 4 is 35.4 Å². The molecule has 2 N–H and O–H groups in total. The average Bonchev–Trinajstić information content (AvgIpc) is 3.65. The zero-order valence-electron chi connectivity index (χ0n) is 26.6. The van der Waals surface area contributed by atoms with E-state index >= 15 is 0 Å².